The van der Waals surface area contributed by atoms with Crippen molar-refractivity contribution in [3.63, 3.8) is 0 Å². The highest BCUT2D eigenvalue weighted by Crippen LogP contribution is 2.36. The van der Waals surface area contributed by atoms with Crippen LogP contribution in [0.25, 0.3) is 10.8 Å². The Labute approximate surface area is 200 Å². The summed E-state index contributed by atoms with van der Waals surface area (Å²) in [5.41, 5.74) is -0.517. The first-order valence-corrected chi connectivity index (χ1v) is 12.6. The molecule has 3 aromatic carbocycles. The Hall–Kier alpha value is -3.23. The Balaban J connectivity index is 1.78. The molecule has 1 saturated heterocycles. The van der Waals surface area contributed by atoms with Crippen molar-refractivity contribution < 1.29 is 22.7 Å². The minimum atomic E-state index is -4.10. The van der Waals surface area contributed by atoms with Crippen molar-refractivity contribution in [1.82, 2.24) is 4.31 Å². The summed E-state index contributed by atoms with van der Waals surface area (Å²) < 4.78 is 34.3. The van der Waals surface area contributed by atoms with E-state index in [0.29, 0.717) is 17.9 Å². The van der Waals surface area contributed by atoms with Crippen LogP contribution in [-0.4, -0.2) is 43.2 Å². The second-order valence-electron chi connectivity index (χ2n) is 8.96. The van der Waals surface area contributed by atoms with Crippen LogP contribution in [0.4, 0.5) is 5.69 Å². The van der Waals surface area contributed by atoms with Crippen LogP contribution in [0.1, 0.15) is 33.6 Å². The topological polar surface area (TPSA) is 84.0 Å². The maximum absolute atomic E-state index is 14.0. The molecule has 178 valence electrons. The molecule has 2 amide bonds. The molecule has 0 N–H and O–H groups in total. The van der Waals surface area contributed by atoms with Crippen LogP contribution >= 0.6 is 0 Å². The van der Waals surface area contributed by atoms with Gasteiger partial charge in [0, 0.05) is 5.54 Å². The standard InChI is InChI=1S/C26H28N2O5S/c1-5-26(2,3)28(34(31,32)22-15-10-18-8-6-7-9-19(18)16-22)23-17-24(29)27(25(23)30)20-11-13-21(33-4)14-12-20/h6-16,23H,5,17H2,1-4H3. The van der Waals surface area contributed by atoms with E-state index >= 15 is 0 Å². The number of carbonyl (C=O) groups is 2. The van der Waals surface area contributed by atoms with Crippen LogP contribution in [0, 0.1) is 0 Å². The number of hydrogen-bond acceptors (Lipinski definition) is 5. The first-order chi connectivity index (χ1) is 16.1. The van der Waals surface area contributed by atoms with E-state index in [1.807, 2.05) is 31.2 Å². The zero-order valence-corrected chi connectivity index (χ0v) is 20.5. The number of benzene rings is 3. The SMILES string of the molecule is CCC(C)(C)N(C1CC(=O)N(c2ccc(OC)cc2)C1=O)S(=O)(=O)c1ccc2ccccc2c1. The van der Waals surface area contributed by atoms with Crippen molar-refractivity contribution in [2.24, 2.45) is 0 Å². The Bertz CT molecular complexity index is 1350. The first-order valence-electron chi connectivity index (χ1n) is 11.1. The van der Waals surface area contributed by atoms with Gasteiger partial charge in [0.05, 0.1) is 24.1 Å². The van der Waals surface area contributed by atoms with Crippen molar-refractivity contribution in [2.45, 2.75) is 50.1 Å². The maximum atomic E-state index is 14.0. The third-order valence-corrected chi connectivity index (χ3v) is 8.59. The van der Waals surface area contributed by atoms with Gasteiger partial charge >= 0.3 is 0 Å². The Morgan fingerprint density at radius 1 is 1.00 bits per heavy atom. The number of hydrogen-bond donors (Lipinski definition) is 0. The third kappa shape index (κ3) is 4.08. The molecule has 7 nitrogen and oxygen atoms in total. The van der Waals surface area contributed by atoms with Gasteiger partial charge in [0.15, 0.2) is 0 Å². The number of rotatable bonds is 7. The van der Waals surface area contributed by atoms with Gasteiger partial charge in [-0.25, -0.2) is 13.3 Å². The van der Waals surface area contributed by atoms with Crippen LogP contribution in [0.3, 0.4) is 0 Å². The number of nitrogens with zero attached hydrogens (tertiary/aromatic N) is 2. The minimum absolute atomic E-state index is 0.0934. The van der Waals surface area contributed by atoms with Gasteiger partial charge in [-0.3, -0.25) is 9.59 Å². The van der Waals surface area contributed by atoms with Crippen LogP contribution in [0.2, 0.25) is 0 Å². The fraction of sp³-hybridized carbons (Fsp3) is 0.308. The summed E-state index contributed by atoms with van der Waals surface area (Å²) in [5.74, 6) is -0.404. The van der Waals surface area contributed by atoms with Gasteiger partial charge in [0.2, 0.25) is 15.9 Å². The average molecular weight is 481 g/mol. The fourth-order valence-electron chi connectivity index (χ4n) is 4.31. The van der Waals surface area contributed by atoms with Gasteiger partial charge < -0.3 is 4.74 Å². The number of sulfonamides is 1. The predicted molar refractivity (Wildman–Crippen MR) is 131 cm³/mol. The molecule has 1 aliphatic heterocycles. The zero-order valence-electron chi connectivity index (χ0n) is 19.7. The van der Waals surface area contributed by atoms with E-state index in [0.717, 1.165) is 15.7 Å². The highest BCUT2D eigenvalue weighted by Gasteiger charge is 2.51. The van der Waals surface area contributed by atoms with Gasteiger partial charge in [0.25, 0.3) is 5.91 Å². The number of carbonyl (C=O) groups excluding carboxylic acids is 2. The van der Waals surface area contributed by atoms with E-state index in [1.54, 1.807) is 56.3 Å². The molecule has 0 saturated carbocycles. The molecule has 0 aliphatic carbocycles. The summed E-state index contributed by atoms with van der Waals surface area (Å²) in [6.07, 6.45) is 0.238. The van der Waals surface area contributed by atoms with E-state index in [-0.39, 0.29) is 11.3 Å². The summed E-state index contributed by atoms with van der Waals surface area (Å²) in [4.78, 5) is 27.7. The normalized spacial score (nSPS) is 17.1. The molecule has 4 rings (SSSR count). The number of amides is 2. The van der Waals surface area contributed by atoms with Crippen LogP contribution in [0.15, 0.2) is 71.6 Å². The number of fused-ring (bicyclic) bond motifs is 1. The van der Waals surface area contributed by atoms with Crippen molar-refractivity contribution in [2.75, 3.05) is 12.0 Å². The first kappa shape index (κ1) is 23.9. The average Bonchev–Trinajstić information content (AvgIpc) is 3.11. The molecule has 1 aliphatic rings. The van der Waals surface area contributed by atoms with Gasteiger partial charge in [-0.1, -0.05) is 37.3 Å². The molecule has 8 heteroatoms. The predicted octanol–water partition coefficient (Wildman–Crippen LogP) is 4.36. The molecule has 0 spiro atoms. The highest BCUT2D eigenvalue weighted by molar-refractivity contribution is 7.89. The van der Waals surface area contributed by atoms with E-state index in [2.05, 4.69) is 0 Å². The molecule has 1 atom stereocenters. The van der Waals surface area contributed by atoms with Crippen LogP contribution in [-0.2, 0) is 19.6 Å². The van der Waals surface area contributed by atoms with Gasteiger partial charge in [-0.05, 0) is 67.4 Å². The second kappa shape index (κ2) is 8.85. The molecule has 3 aromatic rings. The molecule has 0 aromatic heterocycles. The maximum Gasteiger partial charge on any atom is 0.252 e. The molecular formula is C26H28N2O5S. The lowest BCUT2D eigenvalue weighted by Crippen LogP contribution is -2.55. The minimum Gasteiger partial charge on any atom is -0.497 e. The van der Waals surface area contributed by atoms with Crippen molar-refractivity contribution >= 4 is 38.3 Å². The highest BCUT2D eigenvalue weighted by atomic mass is 32.2. The molecule has 1 heterocycles. The summed E-state index contributed by atoms with van der Waals surface area (Å²) in [6, 6.07) is 17.8. The molecule has 34 heavy (non-hydrogen) atoms. The van der Waals surface area contributed by atoms with Crippen LogP contribution in [0.5, 0.6) is 5.75 Å². The Morgan fingerprint density at radius 3 is 2.26 bits per heavy atom. The number of imide groups is 1. The summed E-state index contributed by atoms with van der Waals surface area (Å²) >= 11 is 0. The number of methoxy groups -OCH3 is 1. The van der Waals surface area contributed by atoms with E-state index in [1.165, 1.54) is 11.4 Å². The monoisotopic (exact) mass is 480 g/mol. The molecule has 1 unspecified atom stereocenters. The van der Waals surface area contributed by atoms with Gasteiger partial charge in [0.1, 0.15) is 11.8 Å². The summed E-state index contributed by atoms with van der Waals surface area (Å²) in [5, 5.41) is 1.70. The Morgan fingerprint density at radius 2 is 1.65 bits per heavy atom. The summed E-state index contributed by atoms with van der Waals surface area (Å²) in [6.45, 7) is 5.42. The van der Waals surface area contributed by atoms with E-state index in [4.69, 9.17) is 4.74 Å². The second-order valence-corrected chi connectivity index (χ2v) is 10.8. The molecule has 0 bridgehead atoms. The van der Waals surface area contributed by atoms with Crippen molar-refractivity contribution in [3.05, 3.63) is 66.7 Å². The fourth-order valence-corrected chi connectivity index (χ4v) is 6.34. The summed E-state index contributed by atoms with van der Waals surface area (Å²) in [7, 11) is -2.58. The van der Waals surface area contributed by atoms with Crippen molar-refractivity contribution in [3.8, 4) is 5.75 Å². The van der Waals surface area contributed by atoms with Crippen LogP contribution < -0.4 is 9.64 Å². The zero-order chi connectivity index (χ0) is 24.7. The molecule has 0 radical (unpaired) electrons. The largest absolute Gasteiger partial charge is 0.497 e. The van der Waals surface area contributed by atoms with Gasteiger partial charge in [-0.15, -0.1) is 0 Å². The Kier molecular flexibility index (Phi) is 6.22. The van der Waals surface area contributed by atoms with Gasteiger partial charge in [-0.2, -0.15) is 4.31 Å². The lowest BCUT2D eigenvalue weighted by molar-refractivity contribution is -0.122. The number of ether oxygens (including phenoxy) is 1. The smallest absolute Gasteiger partial charge is 0.252 e. The quantitative estimate of drug-likeness (QED) is 0.469. The lowest BCUT2D eigenvalue weighted by atomic mass is 10.00. The van der Waals surface area contributed by atoms with E-state index < -0.39 is 33.4 Å². The van der Waals surface area contributed by atoms with E-state index in [9.17, 15) is 18.0 Å². The lowest BCUT2D eigenvalue weighted by Gasteiger charge is -2.39. The van der Waals surface area contributed by atoms with Crippen molar-refractivity contribution in [1.29, 1.82) is 0 Å². The molecular weight excluding hydrogens is 452 g/mol. The molecule has 1 fully saturated rings. The number of anilines is 1. The third-order valence-electron chi connectivity index (χ3n) is 6.48.